The summed E-state index contributed by atoms with van der Waals surface area (Å²) >= 11 is 0. The predicted octanol–water partition coefficient (Wildman–Crippen LogP) is 4.99. The predicted molar refractivity (Wildman–Crippen MR) is 125 cm³/mol. The SMILES string of the molecule is C=CC(=O)N1CCC[C@H]1COc1cncc(F)c1-c1[nH]c2cccnc2c1-c1ccccc1. The maximum Gasteiger partial charge on any atom is 0.246 e. The van der Waals surface area contributed by atoms with Crippen molar-refractivity contribution in [3.05, 3.63) is 79.5 Å². The maximum atomic E-state index is 15.3. The molecule has 0 unspecified atom stereocenters. The van der Waals surface area contributed by atoms with Crippen LogP contribution in [0.3, 0.4) is 0 Å². The molecule has 1 saturated heterocycles. The van der Waals surface area contributed by atoms with Crippen LogP contribution in [0.1, 0.15) is 12.8 Å². The van der Waals surface area contributed by atoms with Gasteiger partial charge in [0.1, 0.15) is 12.4 Å². The van der Waals surface area contributed by atoms with E-state index in [9.17, 15) is 4.79 Å². The molecule has 6 nitrogen and oxygen atoms in total. The van der Waals surface area contributed by atoms with Crippen molar-refractivity contribution in [3.63, 3.8) is 0 Å². The summed E-state index contributed by atoms with van der Waals surface area (Å²) in [6.45, 7) is 4.49. The van der Waals surface area contributed by atoms with Gasteiger partial charge in [-0.3, -0.25) is 14.8 Å². The molecular weight excluding hydrogens is 419 g/mol. The number of fused-ring (bicyclic) bond motifs is 1. The zero-order valence-corrected chi connectivity index (χ0v) is 18.0. The molecule has 1 amide bonds. The van der Waals surface area contributed by atoms with Crippen LogP contribution < -0.4 is 4.74 Å². The summed E-state index contributed by atoms with van der Waals surface area (Å²) in [6, 6.07) is 13.4. The van der Waals surface area contributed by atoms with E-state index in [1.54, 1.807) is 11.1 Å². The molecule has 4 heterocycles. The molecule has 0 spiro atoms. The van der Waals surface area contributed by atoms with Crippen molar-refractivity contribution in [2.45, 2.75) is 18.9 Å². The first-order valence-electron chi connectivity index (χ1n) is 10.9. The lowest BCUT2D eigenvalue weighted by atomic mass is 10.0. The Morgan fingerprint density at radius 2 is 2.06 bits per heavy atom. The molecule has 1 atom stereocenters. The summed E-state index contributed by atoms with van der Waals surface area (Å²) in [4.78, 5) is 25.8. The largest absolute Gasteiger partial charge is 0.489 e. The van der Waals surface area contributed by atoms with Crippen LogP contribution in [-0.2, 0) is 4.79 Å². The number of carbonyl (C=O) groups is 1. The molecule has 1 N–H and O–H groups in total. The minimum Gasteiger partial charge on any atom is -0.489 e. The second-order valence-electron chi connectivity index (χ2n) is 7.98. The van der Waals surface area contributed by atoms with Gasteiger partial charge in [0.2, 0.25) is 5.91 Å². The van der Waals surface area contributed by atoms with Gasteiger partial charge in [-0.1, -0.05) is 36.9 Å². The molecule has 5 rings (SSSR count). The number of hydrogen-bond donors (Lipinski definition) is 1. The lowest BCUT2D eigenvalue weighted by Gasteiger charge is -2.24. The number of aromatic nitrogens is 3. The summed E-state index contributed by atoms with van der Waals surface area (Å²) in [5.74, 6) is -0.301. The number of H-pyrrole nitrogens is 1. The highest BCUT2D eigenvalue weighted by atomic mass is 19.1. The number of amides is 1. The number of nitrogens with zero attached hydrogens (tertiary/aromatic N) is 3. The number of carbonyl (C=O) groups excluding carboxylic acids is 1. The average molecular weight is 442 g/mol. The quantitative estimate of drug-likeness (QED) is 0.427. The fourth-order valence-electron chi connectivity index (χ4n) is 4.47. The van der Waals surface area contributed by atoms with Crippen molar-refractivity contribution in [2.24, 2.45) is 0 Å². The zero-order valence-electron chi connectivity index (χ0n) is 18.0. The van der Waals surface area contributed by atoms with Gasteiger partial charge in [0, 0.05) is 18.3 Å². The zero-order chi connectivity index (χ0) is 22.8. The van der Waals surface area contributed by atoms with E-state index in [2.05, 4.69) is 21.5 Å². The molecule has 33 heavy (non-hydrogen) atoms. The Morgan fingerprint density at radius 1 is 1.21 bits per heavy atom. The van der Waals surface area contributed by atoms with Crippen molar-refractivity contribution in [3.8, 4) is 28.1 Å². The van der Waals surface area contributed by atoms with Crippen LogP contribution in [0.25, 0.3) is 33.4 Å². The Kier molecular flexibility index (Phi) is 5.60. The average Bonchev–Trinajstić information content (AvgIpc) is 3.47. The maximum absolute atomic E-state index is 15.3. The van der Waals surface area contributed by atoms with Crippen LogP contribution in [0.5, 0.6) is 5.75 Å². The molecule has 1 aliphatic rings. The summed E-state index contributed by atoms with van der Waals surface area (Å²) < 4.78 is 21.4. The van der Waals surface area contributed by atoms with Gasteiger partial charge in [-0.2, -0.15) is 0 Å². The lowest BCUT2D eigenvalue weighted by Crippen LogP contribution is -2.38. The van der Waals surface area contributed by atoms with Gasteiger partial charge in [-0.25, -0.2) is 4.39 Å². The first-order valence-corrected chi connectivity index (χ1v) is 10.9. The molecule has 1 aromatic carbocycles. The third-order valence-corrected chi connectivity index (χ3v) is 6.00. The smallest absolute Gasteiger partial charge is 0.246 e. The highest BCUT2D eigenvalue weighted by Gasteiger charge is 2.29. The Bertz CT molecular complexity index is 1320. The first kappa shape index (κ1) is 20.9. The Balaban J connectivity index is 1.58. The fourth-order valence-corrected chi connectivity index (χ4v) is 4.47. The number of pyridine rings is 2. The van der Waals surface area contributed by atoms with Crippen LogP contribution in [0.2, 0.25) is 0 Å². The van der Waals surface area contributed by atoms with Crippen molar-refractivity contribution < 1.29 is 13.9 Å². The summed E-state index contributed by atoms with van der Waals surface area (Å²) in [6.07, 6.45) is 7.45. The third kappa shape index (κ3) is 3.86. The van der Waals surface area contributed by atoms with E-state index < -0.39 is 5.82 Å². The van der Waals surface area contributed by atoms with Crippen LogP contribution in [0.4, 0.5) is 4.39 Å². The van der Waals surface area contributed by atoms with Crippen molar-refractivity contribution in [1.82, 2.24) is 19.9 Å². The number of ether oxygens (including phenoxy) is 1. The number of nitrogens with one attached hydrogen (secondary N) is 1. The number of rotatable bonds is 6. The molecule has 1 aliphatic heterocycles. The molecule has 166 valence electrons. The van der Waals surface area contributed by atoms with E-state index in [1.807, 2.05) is 42.5 Å². The minimum atomic E-state index is -0.498. The van der Waals surface area contributed by atoms with Crippen LogP contribution in [0.15, 0.2) is 73.7 Å². The van der Waals surface area contributed by atoms with Gasteiger partial charge in [0.05, 0.1) is 40.7 Å². The van der Waals surface area contributed by atoms with Gasteiger partial charge in [0.25, 0.3) is 0 Å². The van der Waals surface area contributed by atoms with Gasteiger partial charge in [-0.15, -0.1) is 0 Å². The molecule has 3 aromatic heterocycles. The van der Waals surface area contributed by atoms with E-state index in [1.165, 1.54) is 18.5 Å². The summed E-state index contributed by atoms with van der Waals surface area (Å²) in [5, 5.41) is 0. The second-order valence-corrected chi connectivity index (χ2v) is 7.98. The summed E-state index contributed by atoms with van der Waals surface area (Å²) in [7, 11) is 0. The first-order chi connectivity index (χ1) is 16.2. The minimum absolute atomic E-state index is 0.0930. The van der Waals surface area contributed by atoms with Gasteiger partial charge < -0.3 is 14.6 Å². The second kappa shape index (κ2) is 8.86. The number of halogens is 1. The Morgan fingerprint density at radius 3 is 2.88 bits per heavy atom. The molecule has 0 bridgehead atoms. The van der Waals surface area contributed by atoms with Gasteiger partial charge in [-0.05, 0) is 36.6 Å². The van der Waals surface area contributed by atoms with Crippen LogP contribution in [0, 0.1) is 5.82 Å². The summed E-state index contributed by atoms with van der Waals surface area (Å²) in [5.41, 5.74) is 4.13. The van der Waals surface area contributed by atoms with E-state index in [-0.39, 0.29) is 18.6 Å². The molecule has 7 heteroatoms. The molecular formula is C26H23FN4O2. The van der Waals surface area contributed by atoms with Crippen molar-refractivity contribution in [2.75, 3.05) is 13.2 Å². The van der Waals surface area contributed by atoms with Crippen molar-refractivity contribution in [1.29, 1.82) is 0 Å². The highest BCUT2D eigenvalue weighted by Crippen LogP contribution is 2.41. The molecule has 4 aromatic rings. The van der Waals surface area contributed by atoms with E-state index >= 15 is 4.39 Å². The molecule has 0 saturated carbocycles. The number of benzene rings is 1. The van der Waals surface area contributed by atoms with E-state index in [0.717, 1.165) is 35.0 Å². The normalized spacial score (nSPS) is 15.7. The fraction of sp³-hybridized carbons (Fsp3) is 0.192. The Labute approximate surface area is 190 Å². The monoisotopic (exact) mass is 442 g/mol. The highest BCUT2D eigenvalue weighted by molar-refractivity contribution is 6.02. The van der Waals surface area contributed by atoms with Crippen LogP contribution in [-0.4, -0.2) is 45.0 Å². The third-order valence-electron chi connectivity index (χ3n) is 6.00. The van der Waals surface area contributed by atoms with Crippen molar-refractivity contribution >= 4 is 16.9 Å². The molecule has 0 aliphatic carbocycles. The van der Waals surface area contributed by atoms with Gasteiger partial charge in [0.15, 0.2) is 5.82 Å². The Hall–Kier alpha value is -4.00. The topological polar surface area (TPSA) is 71.1 Å². The number of aromatic amines is 1. The van der Waals surface area contributed by atoms with E-state index in [4.69, 9.17) is 4.74 Å². The molecule has 0 radical (unpaired) electrons. The lowest BCUT2D eigenvalue weighted by molar-refractivity contribution is -0.127. The van der Waals surface area contributed by atoms with Gasteiger partial charge >= 0.3 is 0 Å². The molecule has 1 fully saturated rings. The van der Waals surface area contributed by atoms with E-state index in [0.29, 0.717) is 23.6 Å². The number of hydrogen-bond acceptors (Lipinski definition) is 4. The van der Waals surface area contributed by atoms with Crippen LogP contribution >= 0.6 is 0 Å². The standard InChI is InChI=1S/C26H23FN4O2/c1-2-22(32)31-13-7-10-18(31)16-33-21-15-28-14-19(27)24(21)26-23(17-8-4-3-5-9-17)25-20(30-26)11-6-12-29-25/h2-6,8-9,11-12,14-15,18,30H,1,7,10,13,16H2/t18-/m0/s1. The number of likely N-dealkylation sites (tertiary alicyclic amines) is 1.